The first-order valence-corrected chi connectivity index (χ1v) is 11.0. The lowest BCUT2D eigenvalue weighted by molar-refractivity contribution is -0.106. The molecular formula is C25H31ClN6O2. The maximum absolute atomic E-state index is 12.0. The molecule has 0 unspecified atom stereocenters. The van der Waals surface area contributed by atoms with Gasteiger partial charge in [0.25, 0.3) is 0 Å². The number of nitrogens with zero attached hydrogens (tertiary/aromatic N) is 5. The first kappa shape index (κ1) is 26.7. The molecule has 0 fully saturated rings. The molecule has 0 aliphatic heterocycles. The van der Waals surface area contributed by atoms with Crippen LogP contribution in [0.2, 0.25) is 0 Å². The van der Waals surface area contributed by atoms with Gasteiger partial charge in [-0.3, -0.25) is 14.7 Å². The van der Waals surface area contributed by atoms with Crippen molar-refractivity contribution >= 4 is 35.7 Å². The van der Waals surface area contributed by atoms with Crippen LogP contribution in [0, 0.1) is 0 Å². The average Bonchev–Trinajstić information content (AvgIpc) is 2.80. The summed E-state index contributed by atoms with van der Waals surface area (Å²) in [5.74, 6) is 1.28. The van der Waals surface area contributed by atoms with Gasteiger partial charge in [-0.25, -0.2) is 9.97 Å². The summed E-state index contributed by atoms with van der Waals surface area (Å²) >= 11 is 6.17. The van der Waals surface area contributed by atoms with Crippen molar-refractivity contribution in [1.82, 2.24) is 9.97 Å². The highest BCUT2D eigenvalue weighted by atomic mass is 35.5. The summed E-state index contributed by atoms with van der Waals surface area (Å²) in [5.41, 5.74) is 8.38. The van der Waals surface area contributed by atoms with Crippen LogP contribution < -0.4 is 10.6 Å². The van der Waals surface area contributed by atoms with Gasteiger partial charge in [0, 0.05) is 36.1 Å². The minimum Gasteiger partial charge on any atom is -0.470 e. The second-order valence-electron chi connectivity index (χ2n) is 8.48. The molecule has 0 spiro atoms. The van der Waals surface area contributed by atoms with Gasteiger partial charge < -0.3 is 10.5 Å². The van der Waals surface area contributed by atoms with Crippen molar-refractivity contribution in [3.8, 4) is 11.3 Å². The zero-order valence-corrected chi connectivity index (χ0v) is 21.2. The Morgan fingerprint density at radius 2 is 2.00 bits per heavy atom. The topological polar surface area (TPSA) is 106 Å². The van der Waals surface area contributed by atoms with Crippen molar-refractivity contribution in [2.24, 2.45) is 15.7 Å². The summed E-state index contributed by atoms with van der Waals surface area (Å²) in [7, 11) is 1.64. The molecule has 180 valence electrons. The molecule has 0 saturated carbocycles. The van der Waals surface area contributed by atoms with Crippen molar-refractivity contribution in [3.05, 3.63) is 65.0 Å². The number of allylic oxidation sites excluding steroid dienone is 2. The molecule has 1 heterocycles. The van der Waals surface area contributed by atoms with Crippen LogP contribution >= 0.6 is 11.6 Å². The number of amidine groups is 1. The van der Waals surface area contributed by atoms with E-state index < -0.39 is 0 Å². The Balaban J connectivity index is 2.34. The van der Waals surface area contributed by atoms with Crippen molar-refractivity contribution < 1.29 is 9.53 Å². The molecule has 34 heavy (non-hydrogen) atoms. The zero-order valence-electron chi connectivity index (χ0n) is 20.4. The number of aliphatic imine (C=N–C) groups is 2. The number of rotatable bonds is 8. The number of nitrogens with two attached hydrogens (primary N) is 1. The molecule has 0 saturated heterocycles. The normalized spacial score (nSPS) is 13.6. The molecule has 1 amide bonds. The molecule has 0 aliphatic carbocycles. The molecule has 2 rings (SSSR count). The molecule has 1 aromatic heterocycles. The predicted octanol–water partition coefficient (Wildman–Crippen LogP) is 4.81. The maximum atomic E-state index is 12.0. The van der Waals surface area contributed by atoms with E-state index in [9.17, 15) is 4.79 Å². The van der Waals surface area contributed by atoms with Gasteiger partial charge in [-0.05, 0) is 38.1 Å². The van der Waals surface area contributed by atoms with E-state index in [1.807, 2.05) is 30.3 Å². The number of aromatic nitrogens is 2. The molecular weight excluding hydrogens is 452 g/mol. The maximum Gasteiger partial charge on any atom is 0.230 e. The second-order valence-corrected chi connectivity index (χ2v) is 9.04. The fraction of sp³-hybridized carbons (Fsp3) is 0.320. The smallest absolute Gasteiger partial charge is 0.230 e. The van der Waals surface area contributed by atoms with E-state index in [0.717, 1.165) is 17.1 Å². The molecule has 2 aromatic rings. The lowest BCUT2D eigenvalue weighted by atomic mass is 9.95. The third kappa shape index (κ3) is 7.52. The van der Waals surface area contributed by atoms with Crippen LogP contribution in [0.15, 0.2) is 69.2 Å². The van der Waals surface area contributed by atoms with Crippen LogP contribution in [0.5, 0.6) is 0 Å². The van der Waals surface area contributed by atoms with E-state index in [4.69, 9.17) is 27.1 Å². The van der Waals surface area contributed by atoms with Gasteiger partial charge in [-0.15, -0.1) is 0 Å². The highest BCUT2D eigenvalue weighted by molar-refractivity contribution is 6.29. The van der Waals surface area contributed by atoms with Gasteiger partial charge in [0.1, 0.15) is 18.3 Å². The number of anilines is 1. The average molecular weight is 483 g/mol. The van der Waals surface area contributed by atoms with Gasteiger partial charge in [0.05, 0.1) is 16.4 Å². The van der Waals surface area contributed by atoms with Crippen molar-refractivity contribution in [3.63, 3.8) is 0 Å². The Kier molecular flexibility index (Phi) is 9.50. The second kappa shape index (κ2) is 12.1. The monoisotopic (exact) mass is 482 g/mol. The number of carbonyl (C=O) groups is 1. The SMILES string of the molecule is CN=C/C=C(\N)COC(/N=C(/C)N(C=O)c1cccc(-c2ccnc(C(C)(C)C)n2)c1)=C(/C)Cl. The Morgan fingerprint density at radius 1 is 1.26 bits per heavy atom. The van der Waals surface area contributed by atoms with E-state index in [0.29, 0.717) is 28.7 Å². The summed E-state index contributed by atoms with van der Waals surface area (Å²) in [5, 5.41) is 0.326. The molecule has 8 nitrogen and oxygen atoms in total. The highest BCUT2D eigenvalue weighted by Gasteiger charge is 2.18. The summed E-state index contributed by atoms with van der Waals surface area (Å²) in [6.07, 6.45) is 5.61. The molecule has 9 heteroatoms. The zero-order chi connectivity index (χ0) is 25.3. The van der Waals surface area contributed by atoms with Crippen molar-refractivity contribution in [2.75, 3.05) is 18.6 Å². The lowest BCUT2D eigenvalue weighted by Gasteiger charge is -2.19. The van der Waals surface area contributed by atoms with Crippen LogP contribution in [-0.4, -0.2) is 42.1 Å². The quantitative estimate of drug-likeness (QED) is 0.251. The Labute approximate surface area is 205 Å². The predicted molar refractivity (Wildman–Crippen MR) is 139 cm³/mol. The van der Waals surface area contributed by atoms with Crippen molar-refractivity contribution in [2.45, 2.75) is 40.0 Å². The molecule has 0 aliphatic rings. The molecule has 2 N–H and O–H groups in total. The van der Waals surface area contributed by atoms with E-state index in [1.54, 1.807) is 39.4 Å². The van der Waals surface area contributed by atoms with Crippen LogP contribution in [0.1, 0.15) is 40.4 Å². The minimum absolute atomic E-state index is 0.0720. The van der Waals surface area contributed by atoms with Gasteiger partial charge in [0.15, 0.2) is 0 Å². The first-order chi connectivity index (χ1) is 16.1. The fourth-order valence-corrected chi connectivity index (χ4v) is 2.90. The van der Waals surface area contributed by atoms with Crippen LogP contribution in [0.25, 0.3) is 11.3 Å². The third-order valence-electron chi connectivity index (χ3n) is 4.57. The first-order valence-electron chi connectivity index (χ1n) is 10.7. The molecule has 0 atom stereocenters. The summed E-state index contributed by atoms with van der Waals surface area (Å²) in [6.45, 7) is 9.59. The van der Waals surface area contributed by atoms with E-state index in [2.05, 4.69) is 35.7 Å². The third-order valence-corrected chi connectivity index (χ3v) is 4.73. The highest BCUT2D eigenvalue weighted by Crippen LogP contribution is 2.26. The molecule has 1 aromatic carbocycles. The van der Waals surface area contributed by atoms with E-state index >= 15 is 0 Å². The van der Waals surface area contributed by atoms with Gasteiger partial charge in [-0.2, -0.15) is 4.99 Å². The Bertz CT molecular complexity index is 1130. The van der Waals surface area contributed by atoms with Gasteiger partial charge in [0.2, 0.25) is 12.3 Å². The van der Waals surface area contributed by atoms with Gasteiger partial charge in [-0.1, -0.05) is 44.5 Å². The minimum atomic E-state index is -0.185. The summed E-state index contributed by atoms with van der Waals surface area (Å²) < 4.78 is 5.65. The van der Waals surface area contributed by atoms with Crippen molar-refractivity contribution in [1.29, 1.82) is 0 Å². The lowest BCUT2D eigenvalue weighted by Crippen LogP contribution is -2.27. The number of benzene rings is 1. The number of hydrogen-bond donors (Lipinski definition) is 1. The molecule has 0 bridgehead atoms. The Morgan fingerprint density at radius 3 is 2.62 bits per heavy atom. The van der Waals surface area contributed by atoms with E-state index in [1.165, 1.54) is 4.90 Å². The van der Waals surface area contributed by atoms with Crippen LogP contribution in [-0.2, 0) is 14.9 Å². The standard InChI is InChI=1S/C25H31ClN6O2/c1-17(26)23(34-15-20(27)10-12-28-6)30-18(2)32(16-33)21-9-7-8-19(14-21)22-11-13-29-24(31-22)25(3,4)5/h7-14,16H,15,27H2,1-6H3/b20-10-,23-17-,28-12?,30-18-. The number of amides is 1. The largest absolute Gasteiger partial charge is 0.470 e. The fourth-order valence-electron chi connectivity index (χ4n) is 2.80. The van der Waals surface area contributed by atoms with E-state index in [-0.39, 0.29) is 17.9 Å². The molecule has 0 radical (unpaired) electrons. The summed E-state index contributed by atoms with van der Waals surface area (Å²) in [6, 6.07) is 9.30. The van der Waals surface area contributed by atoms with Gasteiger partial charge >= 0.3 is 0 Å². The number of halogens is 1. The Hall–Kier alpha value is -3.52. The van der Waals surface area contributed by atoms with Crippen LogP contribution in [0.3, 0.4) is 0 Å². The number of hydrogen-bond acceptors (Lipinski definition) is 7. The van der Waals surface area contributed by atoms with Crippen LogP contribution in [0.4, 0.5) is 5.69 Å². The number of carbonyl (C=O) groups excluding carboxylic acids is 1. The number of ether oxygens (including phenoxy) is 1. The summed E-state index contributed by atoms with van der Waals surface area (Å²) in [4.78, 5) is 30.8.